The van der Waals surface area contributed by atoms with Gasteiger partial charge in [0.05, 0.1) is 12.2 Å². The molecule has 130 valence electrons. The Morgan fingerprint density at radius 2 is 1.96 bits per heavy atom. The van der Waals surface area contributed by atoms with Crippen molar-refractivity contribution in [1.82, 2.24) is 24.9 Å². The molecule has 1 aliphatic rings. The summed E-state index contributed by atoms with van der Waals surface area (Å²) in [4.78, 5) is 2.43. The molecule has 3 aromatic rings. The van der Waals surface area contributed by atoms with Crippen molar-refractivity contribution in [3.05, 3.63) is 53.2 Å². The zero-order valence-electron chi connectivity index (χ0n) is 14.9. The normalized spacial score (nSPS) is 18.1. The Morgan fingerprint density at radius 1 is 1.16 bits per heavy atom. The van der Waals surface area contributed by atoms with Crippen LogP contribution in [0.2, 0.25) is 0 Å². The van der Waals surface area contributed by atoms with E-state index in [2.05, 4.69) is 34.0 Å². The van der Waals surface area contributed by atoms with Crippen LogP contribution in [-0.4, -0.2) is 31.4 Å². The molecule has 1 atom stereocenters. The highest BCUT2D eigenvalue weighted by Gasteiger charge is 2.31. The fraction of sp³-hybridized carbons (Fsp3) is 0.421. The lowest BCUT2D eigenvalue weighted by Crippen LogP contribution is -2.23. The van der Waals surface area contributed by atoms with Gasteiger partial charge in [0.1, 0.15) is 0 Å². The lowest BCUT2D eigenvalue weighted by Gasteiger charge is -2.23. The highest BCUT2D eigenvalue weighted by Crippen LogP contribution is 2.36. The molecule has 3 heterocycles. The minimum Gasteiger partial charge on any atom is -0.419 e. The van der Waals surface area contributed by atoms with Crippen molar-refractivity contribution in [2.45, 2.75) is 39.3 Å². The van der Waals surface area contributed by atoms with Gasteiger partial charge < -0.3 is 4.42 Å². The first-order valence-corrected chi connectivity index (χ1v) is 8.75. The van der Waals surface area contributed by atoms with Crippen molar-refractivity contribution in [3.63, 3.8) is 0 Å². The zero-order valence-corrected chi connectivity index (χ0v) is 14.9. The van der Waals surface area contributed by atoms with E-state index in [1.807, 2.05) is 42.1 Å². The SMILES string of the molecule is Cc1nn(C)c(C)c1[C@H]1CCCN1Cc1nnc(-c2ccccc2)o1. The summed E-state index contributed by atoms with van der Waals surface area (Å²) in [5.41, 5.74) is 4.67. The Morgan fingerprint density at radius 3 is 2.68 bits per heavy atom. The summed E-state index contributed by atoms with van der Waals surface area (Å²) in [7, 11) is 2.01. The molecule has 1 aromatic carbocycles. The molecule has 1 saturated heterocycles. The van der Waals surface area contributed by atoms with Gasteiger partial charge in [-0.05, 0) is 45.4 Å². The van der Waals surface area contributed by atoms with Crippen molar-refractivity contribution >= 4 is 0 Å². The number of hydrogen-bond donors (Lipinski definition) is 0. The fourth-order valence-corrected chi connectivity index (χ4v) is 3.80. The molecule has 0 radical (unpaired) electrons. The van der Waals surface area contributed by atoms with Crippen LogP contribution in [0.1, 0.15) is 41.7 Å². The summed E-state index contributed by atoms with van der Waals surface area (Å²) in [6, 6.07) is 10.3. The van der Waals surface area contributed by atoms with Crippen LogP contribution in [0, 0.1) is 13.8 Å². The van der Waals surface area contributed by atoms with Gasteiger partial charge in [-0.1, -0.05) is 18.2 Å². The molecule has 0 aliphatic carbocycles. The third-order valence-corrected chi connectivity index (χ3v) is 5.09. The van der Waals surface area contributed by atoms with E-state index >= 15 is 0 Å². The number of likely N-dealkylation sites (tertiary alicyclic amines) is 1. The molecule has 0 unspecified atom stereocenters. The largest absolute Gasteiger partial charge is 0.419 e. The van der Waals surface area contributed by atoms with Crippen LogP contribution in [0.25, 0.3) is 11.5 Å². The third-order valence-electron chi connectivity index (χ3n) is 5.09. The lowest BCUT2D eigenvalue weighted by molar-refractivity contribution is 0.223. The predicted octanol–water partition coefficient (Wildman–Crippen LogP) is 3.42. The summed E-state index contributed by atoms with van der Waals surface area (Å²) >= 11 is 0. The minimum atomic E-state index is 0.376. The highest BCUT2D eigenvalue weighted by atomic mass is 16.4. The van der Waals surface area contributed by atoms with Gasteiger partial charge >= 0.3 is 0 Å². The number of benzene rings is 1. The first-order chi connectivity index (χ1) is 12.1. The maximum Gasteiger partial charge on any atom is 0.247 e. The van der Waals surface area contributed by atoms with Crippen LogP contribution in [0.4, 0.5) is 0 Å². The van der Waals surface area contributed by atoms with Crippen LogP contribution >= 0.6 is 0 Å². The average Bonchev–Trinajstić information content (AvgIpc) is 3.31. The summed E-state index contributed by atoms with van der Waals surface area (Å²) in [5, 5.41) is 13.0. The van der Waals surface area contributed by atoms with Crippen molar-refractivity contribution in [2.24, 2.45) is 7.05 Å². The maximum absolute atomic E-state index is 5.90. The lowest BCUT2D eigenvalue weighted by atomic mass is 10.0. The molecule has 1 aliphatic heterocycles. The monoisotopic (exact) mass is 337 g/mol. The first kappa shape index (κ1) is 16.0. The molecule has 6 nitrogen and oxygen atoms in total. The van der Waals surface area contributed by atoms with Gasteiger partial charge in [0, 0.05) is 29.9 Å². The molecule has 0 bridgehead atoms. The molecule has 1 fully saturated rings. The Balaban J connectivity index is 1.55. The van der Waals surface area contributed by atoms with Gasteiger partial charge in [0.15, 0.2) is 0 Å². The van der Waals surface area contributed by atoms with Gasteiger partial charge in [0.2, 0.25) is 11.8 Å². The maximum atomic E-state index is 5.90. The molecule has 4 rings (SSSR count). The van der Waals surface area contributed by atoms with E-state index in [4.69, 9.17) is 4.42 Å². The van der Waals surface area contributed by atoms with Crippen molar-refractivity contribution < 1.29 is 4.42 Å². The number of aromatic nitrogens is 4. The Labute approximate surface area is 147 Å². The van der Waals surface area contributed by atoms with Crippen LogP contribution in [0.15, 0.2) is 34.7 Å². The van der Waals surface area contributed by atoms with Gasteiger partial charge in [-0.3, -0.25) is 9.58 Å². The molecule has 0 saturated carbocycles. The van der Waals surface area contributed by atoms with Crippen molar-refractivity contribution in [2.75, 3.05) is 6.54 Å². The van der Waals surface area contributed by atoms with Crippen LogP contribution < -0.4 is 0 Å². The van der Waals surface area contributed by atoms with Gasteiger partial charge in [-0.15, -0.1) is 10.2 Å². The van der Waals surface area contributed by atoms with E-state index in [0.29, 0.717) is 24.4 Å². The summed E-state index contributed by atoms with van der Waals surface area (Å²) in [6.07, 6.45) is 2.32. The molecule has 2 aromatic heterocycles. The Kier molecular flexibility index (Phi) is 4.13. The predicted molar refractivity (Wildman–Crippen MR) is 94.8 cm³/mol. The van der Waals surface area contributed by atoms with E-state index in [0.717, 1.165) is 24.2 Å². The third kappa shape index (κ3) is 2.98. The van der Waals surface area contributed by atoms with Gasteiger partial charge in [-0.25, -0.2) is 0 Å². The summed E-state index contributed by atoms with van der Waals surface area (Å²) < 4.78 is 7.87. The molecule has 0 amide bonds. The Hall–Kier alpha value is -2.47. The second-order valence-electron chi connectivity index (χ2n) is 6.70. The van der Waals surface area contributed by atoms with Crippen LogP contribution in [-0.2, 0) is 13.6 Å². The second-order valence-corrected chi connectivity index (χ2v) is 6.70. The highest BCUT2D eigenvalue weighted by molar-refractivity contribution is 5.51. The zero-order chi connectivity index (χ0) is 17.4. The average molecular weight is 337 g/mol. The molecular weight excluding hydrogens is 314 g/mol. The molecule has 0 spiro atoms. The summed E-state index contributed by atoms with van der Waals surface area (Å²) in [5.74, 6) is 1.25. The number of nitrogens with zero attached hydrogens (tertiary/aromatic N) is 5. The molecule has 0 N–H and O–H groups in total. The first-order valence-electron chi connectivity index (χ1n) is 8.75. The second kappa shape index (κ2) is 6.44. The van der Waals surface area contributed by atoms with Crippen molar-refractivity contribution in [1.29, 1.82) is 0 Å². The molecular formula is C19H23N5O. The van der Waals surface area contributed by atoms with E-state index in [-0.39, 0.29) is 0 Å². The van der Waals surface area contributed by atoms with E-state index in [1.54, 1.807) is 0 Å². The number of hydrogen-bond acceptors (Lipinski definition) is 5. The minimum absolute atomic E-state index is 0.376. The van der Waals surface area contributed by atoms with Crippen LogP contribution in [0.5, 0.6) is 0 Å². The van der Waals surface area contributed by atoms with E-state index < -0.39 is 0 Å². The fourth-order valence-electron chi connectivity index (χ4n) is 3.80. The topological polar surface area (TPSA) is 60.0 Å². The van der Waals surface area contributed by atoms with Crippen molar-refractivity contribution in [3.8, 4) is 11.5 Å². The van der Waals surface area contributed by atoms with E-state index in [1.165, 1.54) is 17.7 Å². The molecule has 25 heavy (non-hydrogen) atoms. The van der Waals surface area contributed by atoms with E-state index in [9.17, 15) is 0 Å². The molecule has 6 heteroatoms. The standard InChI is InChI=1S/C19H23N5O/c1-13-18(14(2)23(3)22-13)16-10-7-11-24(16)12-17-20-21-19(25-17)15-8-5-4-6-9-15/h4-6,8-9,16H,7,10-12H2,1-3H3/t16-/m1/s1. The smallest absolute Gasteiger partial charge is 0.247 e. The van der Waals surface area contributed by atoms with Gasteiger partial charge in [-0.2, -0.15) is 5.10 Å². The summed E-state index contributed by atoms with van der Waals surface area (Å²) in [6.45, 7) is 5.96. The Bertz CT molecular complexity index is 867. The number of aryl methyl sites for hydroxylation is 2. The number of rotatable bonds is 4. The quantitative estimate of drug-likeness (QED) is 0.730. The van der Waals surface area contributed by atoms with Crippen LogP contribution in [0.3, 0.4) is 0 Å². The van der Waals surface area contributed by atoms with Gasteiger partial charge in [0.25, 0.3) is 0 Å².